The smallest absolute Gasteiger partial charge is 0.273 e. The molecule has 7 heteroatoms. The Morgan fingerprint density at radius 2 is 2.25 bits per heavy atom. The Kier molecular flexibility index (Phi) is 4.85. The Morgan fingerprint density at radius 1 is 1.56 bits per heavy atom. The molecule has 1 aromatic rings. The predicted molar refractivity (Wildman–Crippen MR) is 64.8 cm³/mol. The van der Waals surface area contributed by atoms with Crippen molar-refractivity contribution in [2.45, 2.75) is 23.8 Å². The molecule has 0 spiro atoms. The predicted octanol–water partition coefficient (Wildman–Crippen LogP) is 0.768. The summed E-state index contributed by atoms with van der Waals surface area (Å²) < 4.78 is 31.0. The molecule has 0 aliphatic rings. The highest BCUT2D eigenvalue weighted by atomic mass is 32.2. The number of sulfonamides is 1. The van der Waals surface area contributed by atoms with E-state index in [1.807, 2.05) is 13.2 Å². The lowest BCUT2D eigenvalue weighted by molar-refractivity contribution is 0.413. The zero-order valence-electron chi connectivity index (χ0n) is 9.26. The molecule has 0 radical (unpaired) electrons. The lowest BCUT2D eigenvalue weighted by Gasteiger charge is -2.08. The molecule has 0 aliphatic carbocycles. The van der Waals surface area contributed by atoms with Crippen LogP contribution in [0.5, 0.6) is 0 Å². The van der Waals surface area contributed by atoms with Crippen molar-refractivity contribution in [3.8, 4) is 0 Å². The van der Waals surface area contributed by atoms with E-state index in [9.17, 15) is 8.42 Å². The Balaban J connectivity index is 2.70. The van der Waals surface area contributed by atoms with Gasteiger partial charge in [-0.05, 0) is 18.4 Å². The lowest BCUT2D eigenvalue weighted by atomic mass is 10.5. The highest BCUT2D eigenvalue weighted by Gasteiger charge is 2.18. The molecule has 0 saturated heterocycles. The first-order valence-electron chi connectivity index (χ1n) is 4.81. The molecule has 3 N–H and O–H groups in total. The molecule has 0 fully saturated rings. The van der Waals surface area contributed by atoms with Crippen LogP contribution in [0.2, 0.25) is 0 Å². The molecule has 1 aromatic heterocycles. The van der Waals surface area contributed by atoms with E-state index < -0.39 is 10.0 Å². The third-order valence-corrected chi connectivity index (χ3v) is 4.33. The molecule has 1 atom stereocenters. The quantitative estimate of drug-likeness (QED) is 0.792. The third kappa shape index (κ3) is 3.51. The van der Waals surface area contributed by atoms with Crippen LogP contribution in [0.3, 0.4) is 0 Å². The minimum atomic E-state index is -3.54. The van der Waals surface area contributed by atoms with Crippen LogP contribution >= 0.6 is 11.8 Å². The molecule has 0 saturated carbocycles. The maximum absolute atomic E-state index is 11.7. The van der Waals surface area contributed by atoms with E-state index in [1.165, 1.54) is 6.07 Å². The number of hydrogen-bond donors (Lipinski definition) is 2. The fraction of sp³-hybridized carbons (Fsp3) is 0.556. The number of thioether (sulfide) groups is 1. The van der Waals surface area contributed by atoms with E-state index in [0.29, 0.717) is 12.3 Å². The summed E-state index contributed by atoms with van der Waals surface area (Å²) in [6.45, 7) is 2.51. The molecule has 1 unspecified atom stereocenters. The first kappa shape index (κ1) is 13.6. The van der Waals surface area contributed by atoms with Crippen LogP contribution < -0.4 is 10.5 Å². The minimum absolute atomic E-state index is 0.0822. The SMILES string of the molecule is CSC(C)CNS(=O)(=O)c1ccc(CN)o1. The van der Waals surface area contributed by atoms with Crippen molar-refractivity contribution in [2.24, 2.45) is 5.73 Å². The average molecular weight is 264 g/mol. The zero-order valence-corrected chi connectivity index (χ0v) is 10.9. The second-order valence-electron chi connectivity index (χ2n) is 3.32. The zero-order chi connectivity index (χ0) is 12.2. The van der Waals surface area contributed by atoms with Gasteiger partial charge in [-0.3, -0.25) is 0 Å². The minimum Gasteiger partial charge on any atom is -0.447 e. The number of hydrogen-bond acceptors (Lipinski definition) is 5. The number of rotatable bonds is 6. The number of nitrogens with two attached hydrogens (primary N) is 1. The molecule has 0 aliphatic heterocycles. The highest BCUT2D eigenvalue weighted by Crippen LogP contribution is 2.13. The van der Waals surface area contributed by atoms with Gasteiger partial charge in [0.1, 0.15) is 5.76 Å². The molecular weight excluding hydrogens is 248 g/mol. The molecule has 0 bridgehead atoms. The largest absolute Gasteiger partial charge is 0.447 e. The Bertz CT molecular complexity index is 428. The van der Waals surface area contributed by atoms with Gasteiger partial charge in [-0.2, -0.15) is 11.8 Å². The van der Waals surface area contributed by atoms with Gasteiger partial charge in [0.15, 0.2) is 0 Å². The van der Waals surface area contributed by atoms with E-state index >= 15 is 0 Å². The first-order valence-corrected chi connectivity index (χ1v) is 7.58. The summed E-state index contributed by atoms with van der Waals surface area (Å²) in [5.74, 6) is 0.457. The monoisotopic (exact) mass is 264 g/mol. The molecule has 92 valence electrons. The Morgan fingerprint density at radius 3 is 2.75 bits per heavy atom. The van der Waals surface area contributed by atoms with Gasteiger partial charge in [-0.25, -0.2) is 13.1 Å². The van der Waals surface area contributed by atoms with Gasteiger partial charge in [0.25, 0.3) is 10.0 Å². The van der Waals surface area contributed by atoms with Crippen molar-refractivity contribution in [2.75, 3.05) is 12.8 Å². The molecule has 0 amide bonds. The fourth-order valence-corrected chi connectivity index (χ4v) is 2.43. The van der Waals surface area contributed by atoms with Crippen LogP contribution in [0.15, 0.2) is 21.6 Å². The molecule has 1 heterocycles. The van der Waals surface area contributed by atoms with Gasteiger partial charge in [0, 0.05) is 11.8 Å². The summed E-state index contributed by atoms with van der Waals surface area (Å²) in [7, 11) is -3.54. The summed E-state index contributed by atoms with van der Waals surface area (Å²) in [5, 5.41) is 0.139. The summed E-state index contributed by atoms with van der Waals surface area (Å²) in [5.41, 5.74) is 5.34. The van der Waals surface area contributed by atoms with Gasteiger partial charge in [0.2, 0.25) is 5.09 Å². The number of nitrogens with one attached hydrogen (secondary N) is 1. The van der Waals surface area contributed by atoms with Crippen LogP contribution in [0.1, 0.15) is 12.7 Å². The van der Waals surface area contributed by atoms with E-state index in [0.717, 1.165) is 0 Å². The van der Waals surface area contributed by atoms with Crippen LogP contribution in [-0.2, 0) is 16.6 Å². The molecule has 16 heavy (non-hydrogen) atoms. The molecule has 5 nitrogen and oxygen atoms in total. The van der Waals surface area contributed by atoms with Gasteiger partial charge >= 0.3 is 0 Å². The molecular formula is C9H16N2O3S2. The summed E-state index contributed by atoms with van der Waals surface area (Å²) in [4.78, 5) is 0. The van der Waals surface area contributed by atoms with Crippen molar-refractivity contribution in [3.05, 3.63) is 17.9 Å². The van der Waals surface area contributed by atoms with Gasteiger partial charge in [-0.1, -0.05) is 6.92 Å². The van der Waals surface area contributed by atoms with Crippen LogP contribution in [0.25, 0.3) is 0 Å². The van der Waals surface area contributed by atoms with Crippen LogP contribution in [0, 0.1) is 0 Å². The maximum atomic E-state index is 11.7. The number of furan rings is 1. The van der Waals surface area contributed by atoms with Gasteiger partial charge in [0.05, 0.1) is 6.54 Å². The third-order valence-electron chi connectivity index (χ3n) is 2.07. The topological polar surface area (TPSA) is 85.3 Å². The first-order chi connectivity index (χ1) is 7.49. The standard InChI is InChI=1S/C9H16N2O3S2/c1-7(15-2)6-11-16(12,13)9-4-3-8(5-10)14-9/h3-4,7,11H,5-6,10H2,1-2H3. The van der Waals surface area contributed by atoms with Gasteiger partial charge < -0.3 is 10.2 Å². The fourth-order valence-electron chi connectivity index (χ4n) is 0.994. The van der Waals surface area contributed by atoms with Crippen LogP contribution in [0.4, 0.5) is 0 Å². The summed E-state index contributed by atoms with van der Waals surface area (Å²) in [6, 6.07) is 2.97. The van der Waals surface area contributed by atoms with E-state index in [-0.39, 0.29) is 16.9 Å². The van der Waals surface area contributed by atoms with Gasteiger partial charge in [-0.15, -0.1) is 0 Å². The average Bonchev–Trinajstić information content (AvgIpc) is 2.75. The van der Waals surface area contributed by atoms with Crippen molar-refractivity contribution in [1.82, 2.24) is 4.72 Å². The maximum Gasteiger partial charge on any atom is 0.273 e. The van der Waals surface area contributed by atoms with E-state index in [1.54, 1.807) is 17.8 Å². The molecule has 1 rings (SSSR count). The Labute approximate surface area is 99.8 Å². The second-order valence-corrected chi connectivity index (χ2v) is 6.30. The van der Waals surface area contributed by atoms with Crippen LogP contribution in [-0.4, -0.2) is 26.5 Å². The van der Waals surface area contributed by atoms with Crippen molar-refractivity contribution in [3.63, 3.8) is 0 Å². The summed E-state index contributed by atoms with van der Waals surface area (Å²) in [6.07, 6.45) is 1.93. The summed E-state index contributed by atoms with van der Waals surface area (Å²) >= 11 is 1.59. The van der Waals surface area contributed by atoms with Crippen molar-refractivity contribution in [1.29, 1.82) is 0 Å². The molecule has 0 aromatic carbocycles. The van der Waals surface area contributed by atoms with E-state index in [4.69, 9.17) is 10.2 Å². The Hall–Kier alpha value is -0.500. The van der Waals surface area contributed by atoms with Crippen molar-refractivity contribution < 1.29 is 12.8 Å². The second kappa shape index (κ2) is 5.72. The highest BCUT2D eigenvalue weighted by molar-refractivity contribution is 7.99. The lowest BCUT2D eigenvalue weighted by Crippen LogP contribution is -2.29. The van der Waals surface area contributed by atoms with E-state index in [2.05, 4.69) is 4.72 Å². The van der Waals surface area contributed by atoms with Crippen molar-refractivity contribution >= 4 is 21.8 Å². The normalized spacial score (nSPS) is 13.9.